The van der Waals surface area contributed by atoms with E-state index >= 15 is 0 Å². The standard InChI is InChI=1S/C23H27N5O/c1-16-6-2-4-8-20(16)21-9-5-3-7-17(21)12-25-13-18-10-19(29)14-28(18)23-11-22(24)26-15-27-23/h2-9,11,15,18-19,25,29H,10,12-14H2,1H3,(H2,24,26,27)/t18-,19-/m1/s1. The number of β-amino-alcohol motifs (C(OH)–C–C–N with tert-alkyl or cyclic N) is 1. The molecule has 2 heterocycles. The molecule has 0 spiro atoms. The fraction of sp³-hybridized carbons (Fsp3) is 0.304. The number of hydrogen-bond acceptors (Lipinski definition) is 6. The second-order valence-electron chi connectivity index (χ2n) is 7.60. The number of nitrogens with zero attached hydrogens (tertiary/aromatic N) is 3. The maximum Gasteiger partial charge on any atom is 0.134 e. The number of nitrogens with one attached hydrogen (secondary N) is 1. The van der Waals surface area contributed by atoms with Crippen LogP contribution in [0.2, 0.25) is 0 Å². The molecule has 0 bridgehead atoms. The number of nitrogen functional groups attached to an aromatic ring is 1. The van der Waals surface area contributed by atoms with Gasteiger partial charge in [0, 0.05) is 31.7 Å². The highest BCUT2D eigenvalue weighted by Crippen LogP contribution is 2.27. The average molecular weight is 390 g/mol. The Morgan fingerprint density at radius 2 is 1.86 bits per heavy atom. The molecule has 0 aliphatic carbocycles. The fourth-order valence-electron chi connectivity index (χ4n) is 4.07. The van der Waals surface area contributed by atoms with Gasteiger partial charge in [0.15, 0.2) is 0 Å². The van der Waals surface area contributed by atoms with Crippen LogP contribution in [0.1, 0.15) is 17.5 Å². The summed E-state index contributed by atoms with van der Waals surface area (Å²) in [7, 11) is 0. The minimum absolute atomic E-state index is 0.157. The van der Waals surface area contributed by atoms with E-state index in [1.165, 1.54) is 28.6 Å². The van der Waals surface area contributed by atoms with E-state index in [1.54, 1.807) is 6.07 Å². The Hall–Kier alpha value is -2.96. The van der Waals surface area contributed by atoms with Crippen molar-refractivity contribution in [2.75, 3.05) is 23.7 Å². The number of nitrogens with two attached hydrogens (primary N) is 1. The largest absolute Gasteiger partial charge is 0.391 e. The summed E-state index contributed by atoms with van der Waals surface area (Å²) in [5, 5.41) is 13.8. The summed E-state index contributed by atoms with van der Waals surface area (Å²) in [6.45, 7) is 4.22. The van der Waals surface area contributed by atoms with E-state index in [0.717, 1.165) is 18.9 Å². The molecule has 0 radical (unpaired) electrons. The van der Waals surface area contributed by atoms with Gasteiger partial charge < -0.3 is 21.1 Å². The van der Waals surface area contributed by atoms with E-state index in [0.29, 0.717) is 18.8 Å². The van der Waals surface area contributed by atoms with Gasteiger partial charge in [-0.3, -0.25) is 0 Å². The molecule has 1 fully saturated rings. The number of aryl methyl sites for hydroxylation is 1. The molecule has 29 heavy (non-hydrogen) atoms. The number of aliphatic hydroxyl groups is 1. The first kappa shape index (κ1) is 19.4. The monoisotopic (exact) mass is 389 g/mol. The maximum atomic E-state index is 10.2. The highest BCUT2D eigenvalue weighted by atomic mass is 16.3. The van der Waals surface area contributed by atoms with Gasteiger partial charge in [-0.25, -0.2) is 9.97 Å². The Labute approximate surface area is 171 Å². The molecule has 0 amide bonds. The average Bonchev–Trinajstić information content (AvgIpc) is 3.09. The van der Waals surface area contributed by atoms with Crippen molar-refractivity contribution in [2.45, 2.75) is 32.0 Å². The summed E-state index contributed by atoms with van der Waals surface area (Å²) >= 11 is 0. The van der Waals surface area contributed by atoms with Crippen LogP contribution in [0.15, 0.2) is 60.9 Å². The first-order valence-electron chi connectivity index (χ1n) is 9.98. The molecule has 6 heteroatoms. The first-order valence-corrected chi connectivity index (χ1v) is 9.98. The van der Waals surface area contributed by atoms with Crippen molar-refractivity contribution in [1.82, 2.24) is 15.3 Å². The van der Waals surface area contributed by atoms with Crippen LogP contribution in [0, 0.1) is 6.92 Å². The van der Waals surface area contributed by atoms with E-state index in [2.05, 4.69) is 75.6 Å². The van der Waals surface area contributed by atoms with E-state index < -0.39 is 0 Å². The van der Waals surface area contributed by atoms with Crippen LogP contribution >= 0.6 is 0 Å². The zero-order valence-electron chi connectivity index (χ0n) is 16.6. The van der Waals surface area contributed by atoms with Gasteiger partial charge in [0.25, 0.3) is 0 Å². The van der Waals surface area contributed by atoms with Gasteiger partial charge >= 0.3 is 0 Å². The third kappa shape index (κ3) is 4.39. The molecule has 0 unspecified atom stereocenters. The Morgan fingerprint density at radius 3 is 2.66 bits per heavy atom. The second-order valence-corrected chi connectivity index (χ2v) is 7.60. The summed E-state index contributed by atoms with van der Waals surface area (Å²) in [6, 6.07) is 18.9. The number of benzene rings is 2. The predicted octanol–water partition coefficient (Wildman–Crippen LogP) is 2.76. The first-order chi connectivity index (χ1) is 14.1. The van der Waals surface area contributed by atoms with Gasteiger partial charge in [-0.15, -0.1) is 0 Å². The summed E-state index contributed by atoms with van der Waals surface area (Å²) in [6.07, 6.45) is 1.81. The lowest BCUT2D eigenvalue weighted by atomic mass is 9.96. The summed E-state index contributed by atoms with van der Waals surface area (Å²) in [5.41, 5.74) is 10.9. The number of hydrogen-bond donors (Lipinski definition) is 3. The molecule has 1 saturated heterocycles. The zero-order chi connectivity index (χ0) is 20.2. The summed E-state index contributed by atoms with van der Waals surface area (Å²) in [4.78, 5) is 10.4. The summed E-state index contributed by atoms with van der Waals surface area (Å²) < 4.78 is 0. The molecule has 0 saturated carbocycles. The third-order valence-electron chi connectivity index (χ3n) is 5.51. The van der Waals surface area contributed by atoms with Gasteiger partial charge in [-0.1, -0.05) is 48.5 Å². The molecular formula is C23H27N5O. The highest BCUT2D eigenvalue weighted by molar-refractivity contribution is 5.70. The highest BCUT2D eigenvalue weighted by Gasteiger charge is 2.31. The lowest BCUT2D eigenvalue weighted by Gasteiger charge is -2.26. The number of anilines is 2. The van der Waals surface area contributed by atoms with Crippen LogP contribution in [0.25, 0.3) is 11.1 Å². The molecule has 3 aromatic rings. The lowest BCUT2D eigenvalue weighted by Crippen LogP contribution is -2.38. The molecule has 150 valence electrons. The van der Waals surface area contributed by atoms with Gasteiger partial charge in [0.1, 0.15) is 18.0 Å². The molecule has 1 aliphatic rings. The minimum atomic E-state index is -0.364. The van der Waals surface area contributed by atoms with E-state index in [-0.39, 0.29) is 12.1 Å². The number of rotatable bonds is 6. The van der Waals surface area contributed by atoms with Crippen molar-refractivity contribution in [3.63, 3.8) is 0 Å². The van der Waals surface area contributed by atoms with Crippen LogP contribution < -0.4 is 16.0 Å². The van der Waals surface area contributed by atoms with Crippen molar-refractivity contribution in [3.05, 3.63) is 72.1 Å². The van der Waals surface area contributed by atoms with Crippen LogP contribution in [-0.2, 0) is 6.54 Å². The van der Waals surface area contributed by atoms with Gasteiger partial charge in [-0.05, 0) is 35.6 Å². The van der Waals surface area contributed by atoms with Gasteiger partial charge in [-0.2, -0.15) is 0 Å². The normalized spacial score (nSPS) is 18.9. The molecule has 2 aromatic carbocycles. The molecule has 4 N–H and O–H groups in total. The van der Waals surface area contributed by atoms with Crippen LogP contribution in [0.5, 0.6) is 0 Å². The molecule has 2 atom stereocenters. The fourth-order valence-corrected chi connectivity index (χ4v) is 4.07. The second kappa shape index (κ2) is 8.59. The molecule has 1 aliphatic heterocycles. The molecule has 1 aromatic heterocycles. The zero-order valence-corrected chi connectivity index (χ0v) is 16.6. The molecular weight excluding hydrogens is 362 g/mol. The third-order valence-corrected chi connectivity index (χ3v) is 5.51. The molecule has 6 nitrogen and oxygen atoms in total. The predicted molar refractivity (Wildman–Crippen MR) is 117 cm³/mol. The quantitative estimate of drug-likeness (QED) is 0.601. The SMILES string of the molecule is Cc1ccccc1-c1ccccc1CNC[C@H]1C[C@@H](O)CN1c1cc(N)ncn1. The number of aromatic nitrogens is 2. The smallest absolute Gasteiger partial charge is 0.134 e. The van der Waals surface area contributed by atoms with E-state index in [1.807, 2.05) is 0 Å². The molecule has 4 rings (SSSR count). The van der Waals surface area contributed by atoms with Crippen LogP contribution in [-0.4, -0.2) is 40.3 Å². The van der Waals surface area contributed by atoms with E-state index in [4.69, 9.17) is 5.73 Å². The number of aliphatic hydroxyl groups excluding tert-OH is 1. The lowest BCUT2D eigenvalue weighted by molar-refractivity contribution is 0.194. The van der Waals surface area contributed by atoms with Crippen molar-refractivity contribution >= 4 is 11.6 Å². The Kier molecular flexibility index (Phi) is 5.74. The van der Waals surface area contributed by atoms with Crippen LogP contribution in [0.3, 0.4) is 0 Å². The van der Waals surface area contributed by atoms with E-state index in [9.17, 15) is 5.11 Å². The van der Waals surface area contributed by atoms with Crippen molar-refractivity contribution in [2.24, 2.45) is 0 Å². The van der Waals surface area contributed by atoms with Crippen molar-refractivity contribution < 1.29 is 5.11 Å². The Morgan fingerprint density at radius 1 is 1.10 bits per heavy atom. The van der Waals surface area contributed by atoms with Crippen LogP contribution in [0.4, 0.5) is 11.6 Å². The summed E-state index contributed by atoms with van der Waals surface area (Å²) in [5.74, 6) is 1.21. The Balaban J connectivity index is 1.46. The van der Waals surface area contributed by atoms with Crippen molar-refractivity contribution in [3.8, 4) is 11.1 Å². The van der Waals surface area contributed by atoms with Gasteiger partial charge in [0.2, 0.25) is 0 Å². The Bertz CT molecular complexity index is 977. The topological polar surface area (TPSA) is 87.3 Å². The van der Waals surface area contributed by atoms with Gasteiger partial charge in [0.05, 0.1) is 6.10 Å². The van der Waals surface area contributed by atoms with Crippen molar-refractivity contribution in [1.29, 1.82) is 0 Å². The maximum absolute atomic E-state index is 10.2. The minimum Gasteiger partial charge on any atom is -0.391 e.